The SMILES string of the molecule is Cc1c(Cl)cc(Cl)c(N2N=C(N)CC2=O)c1C. The number of rotatable bonds is 1. The maximum Gasteiger partial charge on any atom is 0.255 e. The van der Waals surface area contributed by atoms with E-state index in [0.717, 1.165) is 11.1 Å². The fraction of sp³-hybridized carbons (Fsp3) is 0.273. The molecule has 2 N–H and O–H groups in total. The fourth-order valence-corrected chi connectivity index (χ4v) is 2.35. The summed E-state index contributed by atoms with van der Waals surface area (Å²) in [5, 5.41) is 6.19. The zero-order chi connectivity index (χ0) is 12.7. The molecule has 1 heterocycles. The summed E-state index contributed by atoms with van der Waals surface area (Å²) in [6.45, 7) is 3.71. The van der Waals surface area contributed by atoms with Gasteiger partial charge in [0.05, 0.1) is 17.1 Å². The van der Waals surface area contributed by atoms with Crippen molar-refractivity contribution in [1.82, 2.24) is 0 Å². The lowest BCUT2D eigenvalue weighted by molar-refractivity contribution is -0.116. The summed E-state index contributed by atoms with van der Waals surface area (Å²) in [7, 11) is 0. The van der Waals surface area contributed by atoms with Crippen molar-refractivity contribution >= 4 is 40.6 Å². The highest BCUT2D eigenvalue weighted by molar-refractivity contribution is 6.37. The average molecular weight is 272 g/mol. The number of hydrazone groups is 1. The Morgan fingerprint density at radius 1 is 1.29 bits per heavy atom. The molecule has 1 aliphatic rings. The summed E-state index contributed by atoms with van der Waals surface area (Å²) in [6, 6.07) is 1.61. The van der Waals surface area contributed by atoms with Crippen LogP contribution in [0.5, 0.6) is 0 Å². The van der Waals surface area contributed by atoms with Crippen LogP contribution in [0.4, 0.5) is 5.69 Å². The topological polar surface area (TPSA) is 58.7 Å². The van der Waals surface area contributed by atoms with Crippen LogP contribution < -0.4 is 10.7 Å². The summed E-state index contributed by atoms with van der Waals surface area (Å²) >= 11 is 12.1. The molecular weight excluding hydrogens is 261 g/mol. The molecule has 17 heavy (non-hydrogen) atoms. The number of carbonyl (C=O) groups is 1. The molecule has 0 aromatic heterocycles. The van der Waals surface area contributed by atoms with Gasteiger partial charge >= 0.3 is 0 Å². The first kappa shape index (κ1) is 12.2. The van der Waals surface area contributed by atoms with E-state index >= 15 is 0 Å². The van der Waals surface area contributed by atoms with Gasteiger partial charge < -0.3 is 5.73 Å². The van der Waals surface area contributed by atoms with Crippen LogP contribution in [-0.4, -0.2) is 11.7 Å². The number of benzene rings is 1. The van der Waals surface area contributed by atoms with Gasteiger partial charge in [0.1, 0.15) is 5.84 Å². The van der Waals surface area contributed by atoms with Crippen LogP contribution >= 0.6 is 23.2 Å². The maximum absolute atomic E-state index is 11.7. The number of amidine groups is 1. The number of anilines is 1. The van der Waals surface area contributed by atoms with Gasteiger partial charge in [0.25, 0.3) is 5.91 Å². The number of halogens is 2. The summed E-state index contributed by atoms with van der Waals surface area (Å²) in [4.78, 5) is 11.7. The van der Waals surface area contributed by atoms with E-state index in [0.29, 0.717) is 15.7 Å². The summed E-state index contributed by atoms with van der Waals surface area (Å²) in [5.74, 6) is 0.104. The van der Waals surface area contributed by atoms with Gasteiger partial charge in [-0.3, -0.25) is 4.79 Å². The van der Waals surface area contributed by atoms with E-state index in [1.807, 2.05) is 13.8 Å². The van der Waals surface area contributed by atoms with Crippen LogP contribution in [0.1, 0.15) is 17.5 Å². The maximum atomic E-state index is 11.7. The molecule has 0 saturated heterocycles. The Morgan fingerprint density at radius 2 is 1.94 bits per heavy atom. The normalized spacial score (nSPS) is 15.4. The first-order chi connectivity index (χ1) is 7.91. The van der Waals surface area contributed by atoms with E-state index in [1.165, 1.54) is 5.01 Å². The molecule has 0 saturated carbocycles. The predicted molar refractivity (Wildman–Crippen MR) is 69.7 cm³/mol. The smallest absolute Gasteiger partial charge is 0.255 e. The van der Waals surface area contributed by atoms with Crippen LogP contribution in [0.15, 0.2) is 11.2 Å². The van der Waals surface area contributed by atoms with Gasteiger partial charge in [-0.1, -0.05) is 23.2 Å². The number of nitrogens with two attached hydrogens (primary N) is 1. The standard InChI is InChI=1S/C11H11Cl2N3O/c1-5-6(2)11(8(13)3-7(5)12)16-10(17)4-9(14)15-16/h3H,4H2,1-2H3,(H2,14,15). The van der Waals surface area contributed by atoms with Gasteiger partial charge in [0, 0.05) is 5.02 Å². The van der Waals surface area contributed by atoms with Crippen molar-refractivity contribution < 1.29 is 4.79 Å². The number of nitrogens with zero attached hydrogens (tertiary/aromatic N) is 2. The largest absolute Gasteiger partial charge is 0.385 e. The van der Waals surface area contributed by atoms with Crippen LogP contribution in [0, 0.1) is 13.8 Å². The van der Waals surface area contributed by atoms with Crippen LogP contribution in [-0.2, 0) is 4.79 Å². The second-order valence-corrected chi connectivity index (χ2v) is 4.73. The number of amides is 1. The molecule has 0 bridgehead atoms. The molecule has 0 atom stereocenters. The summed E-state index contributed by atoms with van der Waals surface area (Å²) in [5.41, 5.74) is 7.80. The fourth-order valence-electron chi connectivity index (χ4n) is 1.71. The van der Waals surface area contributed by atoms with E-state index in [9.17, 15) is 4.79 Å². The van der Waals surface area contributed by atoms with Gasteiger partial charge in [0.2, 0.25) is 0 Å². The molecule has 1 aromatic rings. The molecule has 0 radical (unpaired) electrons. The minimum absolute atomic E-state index is 0.122. The van der Waals surface area contributed by atoms with E-state index < -0.39 is 0 Å². The Morgan fingerprint density at radius 3 is 2.47 bits per heavy atom. The number of hydrogen-bond acceptors (Lipinski definition) is 3. The third-order valence-corrected chi connectivity index (χ3v) is 3.45. The van der Waals surface area contributed by atoms with Gasteiger partial charge in [0.15, 0.2) is 0 Å². The molecule has 0 aliphatic carbocycles. The molecule has 0 unspecified atom stereocenters. The van der Waals surface area contributed by atoms with Crippen molar-refractivity contribution in [2.24, 2.45) is 10.8 Å². The second kappa shape index (κ2) is 4.20. The van der Waals surface area contributed by atoms with Crippen molar-refractivity contribution in [3.63, 3.8) is 0 Å². The van der Waals surface area contributed by atoms with Gasteiger partial charge in [-0.05, 0) is 31.0 Å². The molecule has 1 aromatic carbocycles. The molecule has 90 valence electrons. The average Bonchev–Trinajstić information content (AvgIpc) is 2.55. The lowest BCUT2D eigenvalue weighted by Crippen LogP contribution is -2.21. The molecule has 6 heteroatoms. The first-order valence-corrected chi connectivity index (χ1v) is 5.78. The van der Waals surface area contributed by atoms with E-state index in [2.05, 4.69) is 5.10 Å². The third kappa shape index (κ3) is 1.98. The van der Waals surface area contributed by atoms with Crippen molar-refractivity contribution in [3.05, 3.63) is 27.2 Å². The molecule has 0 fully saturated rings. The molecule has 0 spiro atoms. The Hall–Kier alpha value is -1.26. The first-order valence-electron chi connectivity index (χ1n) is 5.03. The third-order valence-electron chi connectivity index (χ3n) is 2.76. The van der Waals surface area contributed by atoms with Crippen molar-refractivity contribution in [2.45, 2.75) is 20.3 Å². The van der Waals surface area contributed by atoms with Crippen LogP contribution in [0.3, 0.4) is 0 Å². The minimum Gasteiger partial charge on any atom is -0.385 e. The van der Waals surface area contributed by atoms with Crippen molar-refractivity contribution in [3.8, 4) is 0 Å². The summed E-state index contributed by atoms with van der Waals surface area (Å²) < 4.78 is 0. The van der Waals surface area contributed by atoms with E-state index in [1.54, 1.807) is 6.07 Å². The Bertz CT molecular complexity index is 540. The zero-order valence-corrected chi connectivity index (χ0v) is 10.9. The van der Waals surface area contributed by atoms with Crippen LogP contribution in [0.25, 0.3) is 0 Å². The van der Waals surface area contributed by atoms with Gasteiger partial charge in [-0.25, -0.2) is 0 Å². The van der Waals surface area contributed by atoms with Crippen molar-refractivity contribution in [1.29, 1.82) is 0 Å². The second-order valence-electron chi connectivity index (χ2n) is 3.91. The lowest BCUT2D eigenvalue weighted by atomic mass is 10.1. The molecule has 4 nitrogen and oxygen atoms in total. The Balaban J connectivity index is 2.60. The molecule has 1 amide bonds. The quantitative estimate of drug-likeness (QED) is 0.854. The predicted octanol–water partition coefficient (Wildman–Crippen LogP) is 2.62. The van der Waals surface area contributed by atoms with Gasteiger partial charge in [-0.15, -0.1) is 0 Å². The van der Waals surface area contributed by atoms with E-state index in [4.69, 9.17) is 28.9 Å². The summed E-state index contributed by atoms with van der Waals surface area (Å²) in [6.07, 6.45) is 0.122. The van der Waals surface area contributed by atoms with Crippen molar-refractivity contribution in [2.75, 3.05) is 5.01 Å². The highest BCUT2D eigenvalue weighted by Crippen LogP contribution is 2.37. The lowest BCUT2D eigenvalue weighted by Gasteiger charge is -2.18. The Kier molecular flexibility index (Phi) is 3.02. The highest BCUT2D eigenvalue weighted by atomic mass is 35.5. The number of hydrogen-bond donors (Lipinski definition) is 1. The molecular formula is C11H11Cl2N3O. The Labute approximate surface area is 109 Å². The highest BCUT2D eigenvalue weighted by Gasteiger charge is 2.27. The monoisotopic (exact) mass is 271 g/mol. The zero-order valence-electron chi connectivity index (χ0n) is 9.42. The van der Waals surface area contributed by atoms with Crippen LogP contribution in [0.2, 0.25) is 10.0 Å². The molecule has 2 rings (SSSR count). The van der Waals surface area contributed by atoms with E-state index in [-0.39, 0.29) is 18.2 Å². The number of carbonyl (C=O) groups excluding carboxylic acids is 1. The van der Waals surface area contributed by atoms with Gasteiger partial charge in [-0.2, -0.15) is 10.1 Å². The minimum atomic E-state index is -0.186. The molecule has 1 aliphatic heterocycles.